The number of aromatic hydroxyl groups is 2. The Labute approximate surface area is 173 Å². The maximum Gasteiger partial charge on any atom is 0.244 e. The molecule has 2 heterocycles. The van der Waals surface area contributed by atoms with Crippen LogP contribution in [-0.2, 0) is 10.2 Å². The number of benzene rings is 3. The normalized spacial score (nSPS) is 14.2. The van der Waals surface area contributed by atoms with Crippen LogP contribution in [0.1, 0.15) is 16.7 Å². The van der Waals surface area contributed by atoms with E-state index in [0.29, 0.717) is 0 Å². The van der Waals surface area contributed by atoms with Crippen LogP contribution < -0.4 is 5.32 Å². The van der Waals surface area contributed by atoms with Crippen LogP contribution in [0.2, 0.25) is 0 Å². The molecule has 0 radical (unpaired) electrons. The minimum Gasteiger partial charge on any atom is -0.508 e. The molecule has 0 atom stereocenters. The summed E-state index contributed by atoms with van der Waals surface area (Å²) < 4.78 is 0. The van der Waals surface area contributed by atoms with Gasteiger partial charge in [-0.3, -0.25) is 9.78 Å². The third-order valence-corrected chi connectivity index (χ3v) is 5.63. The molecule has 5 heteroatoms. The summed E-state index contributed by atoms with van der Waals surface area (Å²) in [5.74, 6) is 0.0771. The van der Waals surface area contributed by atoms with E-state index in [4.69, 9.17) is 0 Å². The molecule has 3 aromatic carbocycles. The van der Waals surface area contributed by atoms with Crippen molar-refractivity contribution in [1.82, 2.24) is 4.98 Å². The average molecular weight is 394 g/mol. The molecule has 0 spiro atoms. The van der Waals surface area contributed by atoms with Crippen LogP contribution >= 0.6 is 0 Å². The Balaban J connectivity index is 1.81. The van der Waals surface area contributed by atoms with Crippen molar-refractivity contribution in [2.24, 2.45) is 0 Å². The molecule has 1 amide bonds. The number of aromatic nitrogens is 1. The lowest BCUT2D eigenvalue weighted by Crippen LogP contribution is -2.37. The summed E-state index contributed by atoms with van der Waals surface area (Å²) in [6, 6.07) is 23.1. The van der Waals surface area contributed by atoms with Gasteiger partial charge in [0.1, 0.15) is 16.9 Å². The number of fused-ring (bicyclic) bond motifs is 1. The van der Waals surface area contributed by atoms with E-state index in [1.165, 1.54) is 0 Å². The summed E-state index contributed by atoms with van der Waals surface area (Å²) in [4.78, 5) is 17.6. The first-order valence-electron chi connectivity index (χ1n) is 9.54. The average Bonchev–Trinajstić information content (AvgIpc) is 3.07. The van der Waals surface area contributed by atoms with E-state index in [2.05, 4.69) is 10.3 Å². The number of hydrogen-bond acceptors (Lipinski definition) is 4. The summed E-state index contributed by atoms with van der Waals surface area (Å²) in [5.41, 5.74) is 3.87. The van der Waals surface area contributed by atoms with Crippen molar-refractivity contribution < 1.29 is 15.0 Å². The molecule has 1 aliphatic heterocycles. The van der Waals surface area contributed by atoms with Gasteiger partial charge in [0.15, 0.2) is 0 Å². The molecule has 0 aliphatic carbocycles. The second-order valence-corrected chi connectivity index (χ2v) is 7.29. The predicted molar refractivity (Wildman–Crippen MR) is 114 cm³/mol. The Morgan fingerprint density at radius 1 is 0.700 bits per heavy atom. The molecular weight excluding hydrogens is 376 g/mol. The van der Waals surface area contributed by atoms with E-state index in [-0.39, 0.29) is 17.4 Å². The minimum atomic E-state index is -1.11. The SMILES string of the molecule is O=C1Nc2ccc(-c3ccncc3)cc2C1(c1ccc(O)cc1)c1ccc(O)cc1. The van der Waals surface area contributed by atoms with Crippen molar-refractivity contribution in [3.05, 3.63) is 108 Å². The quantitative estimate of drug-likeness (QED) is 0.480. The van der Waals surface area contributed by atoms with Crippen molar-refractivity contribution >= 4 is 11.6 Å². The highest BCUT2D eigenvalue weighted by Crippen LogP contribution is 2.49. The number of pyridine rings is 1. The predicted octanol–water partition coefficient (Wildman–Crippen LogP) is 4.45. The monoisotopic (exact) mass is 394 g/mol. The van der Waals surface area contributed by atoms with E-state index in [1.54, 1.807) is 60.9 Å². The standard InChI is InChI=1S/C25H18N2O3/c28-20-6-2-18(3-7-20)25(19-4-8-21(29)9-5-19)22-15-17(16-11-13-26-14-12-16)1-10-23(22)27-24(25)30/h1-15,28-29H,(H,27,30). The Kier molecular flexibility index (Phi) is 4.03. The van der Waals surface area contributed by atoms with E-state index in [1.807, 2.05) is 30.3 Å². The highest BCUT2D eigenvalue weighted by atomic mass is 16.3. The molecule has 0 saturated heterocycles. The summed E-state index contributed by atoms with van der Waals surface area (Å²) in [5, 5.41) is 22.6. The third-order valence-electron chi connectivity index (χ3n) is 5.63. The Morgan fingerprint density at radius 2 is 1.27 bits per heavy atom. The van der Waals surface area contributed by atoms with Gasteiger partial charge in [-0.15, -0.1) is 0 Å². The molecule has 1 aromatic heterocycles. The summed E-state index contributed by atoms with van der Waals surface area (Å²) in [6.45, 7) is 0. The zero-order valence-electron chi connectivity index (χ0n) is 15.9. The Bertz CT molecular complexity index is 1190. The molecule has 5 nitrogen and oxygen atoms in total. The Morgan fingerprint density at radius 3 is 1.83 bits per heavy atom. The van der Waals surface area contributed by atoms with Crippen LogP contribution in [0.25, 0.3) is 11.1 Å². The van der Waals surface area contributed by atoms with Gasteiger partial charge in [-0.2, -0.15) is 0 Å². The minimum absolute atomic E-state index is 0.128. The number of nitrogens with zero attached hydrogens (tertiary/aromatic N) is 1. The zero-order valence-corrected chi connectivity index (χ0v) is 15.9. The molecular formula is C25H18N2O3. The number of phenols is 2. The molecule has 0 saturated carbocycles. The maximum absolute atomic E-state index is 13.5. The second kappa shape index (κ2) is 6.74. The van der Waals surface area contributed by atoms with Gasteiger partial charge in [0, 0.05) is 23.6 Å². The first kappa shape index (κ1) is 17.9. The van der Waals surface area contributed by atoms with Crippen molar-refractivity contribution in [3.8, 4) is 22.6 Å². The molecule has 0 fully saturated rings. The van der Waals surface area contributed by atoms with Crippen LogP contribution in [0.15, 0.2) is 91.3 Å². The first-order chi connectivity index (χ1) is 14.6. The van der Waals surface area contributed by atoms with E-state index >= 15 is 0 Å². The number of hydrogen-bond donors (Lipinski definition) is 3. The summed E-state index contributed by atoms with van der Waals surface area (Å²) in [6.07, 6.45) is 3.47. The summed E-state index contributed by atoms with van der Waals surface area (Å²) >= 11 is 0. The van der Waals surface area contributed by atoms with E-state index < -0.39 is 5.41 Å². The van der Waals surface area contributed by atoms with Crippen LogP contribution in [-0.4, -0.2) is 21.1 Å². The van der Waals surface area contributed by atoms with Gasteiger partial charge in [-0.05, 0) is 70.8 Å². The third kappa shape index (κ3) is 2.63. The second-order valence-electron chi connectivity index (χ2n) is 7.29. The van der Waals surface area contributed by atoms with Crippen LogP contribution in [0.5, 0.6) is 11.5 Å². The van der Waals surface area contributed by atoms with Gasteiger partial charge in [0.25, 0.3) is 0 Å². The number of amides is 1. The van der Waals surface area contributed by atoms with Crippen molar-refractivity contribution in [2.75, 3.05) is 5.32 Å². The fraction of sp³-hybridized carbons (Fsp3) is 0.0400. The molecule has 1 aliphatic rings. The van der Waals surface area contributed by atoms with Crippen molar-refractivity contribution in [3.63, 3.8) is 0 Å². The van der Waals surface area contributed by atoms with Crippen LogP contribution in [0.3, 0.4) is 0 Å². The number of carbonyl (C=O) groups is 1. The first-order valence-corrected chi connectivity index (χ1v) is 9.54. The topological polar surface area (TPSA) is 82.5 Å². The highest BCUT2D eigenvalue weighted by molar-refractivity contribution is 6.11. The number of nitrogens with one attached hydrogen (secondary N) is 1. The van der Waals surface area contributed by atoms with Crippen LogP contribution in [0.4, 0.5) is 5.69 Å². The Hall–Kier alpha value is -4.12. The zero-order chi connectivity index (χ0) is 20.7. The largest absolute Gasteiger partial charge is 0.508 e. The number of phenolic OH excluding ortho intramolecular Hbond substituents is 2. The van der Waals surface area contributed by atoms with E-state index in [9.17, 15) is 15.0 Å². The maximum atomic E-state index is 13.5. The molecule has 146 valence electrons. The molecule has 5 rings (SSSR count). The fourth-order valence-electron chi connectivity index (χ4n) is 4.19. The van der Waals surface area contributed by atoms with Gasteiger partial charge in [-0.1, -0.05) is 30.3 Å². The van der Waals surface area contributed by atoms with Crippen molar-refractivity contribution in [1.29, 1.82) is 0 Å². The van der Waals surface area contributed by atoms with Gasteiger partial charge in [-0.25, -0.2) is 0 Å². The number of carbonyl (C=O) groups excluding carboxylic acids is 1. The molecule has 3 N–H and O–H groups in total. The number of rotatable bonds is 3. The smallest absolute Gasteiger partial charge is 0.244 e. The lowest BCUT2D eigenvalue weighted by molar-refractivity contribution is -0.118. The van der Waals surface area contributed by atoms with Crippen LogP contribution in [0, 0.1) is 0 Å². The van der Waals surface area contributed by atoms with Gasteiger partial charge in [0.05, 0.1) is 0 Å². The summed E-state index contributed by atoms with van der Waals surface area (Å²) in [7, 11) is 0. The molecule has 0 unspecified atom stereocenters. The lowest BCUT2D eigenvalue weighted by atomic mass is 9.70. The molecule has 4 aromatic rings. The van der Waals surface area contributed by atoms with Gasteiger partial charge < -0.3 is 15.5 Å². The molecule has 0 bridgehead atoms. The van der Waals surface area contributed by atoms with Gasteiger partial charge in [0.2, 0.25) is 5.91 Å². The van der Waals surface area contributed by atoms with Crippen molar-refractivity contribution in [2.45, 2.75) is 5.41 Å². The molecule has 30 heavy (non-hydrogen) atoms. The number of anilines is 1. The van der Waals surface area contributed by atoms with E-state index in [0.717, 1.165) is 33.5 Å². The van der Waals surface area contributed by atoms with Gasteiger partial charge >= 0.3 is 0 Å². The highest BCUT2D eigenvalue weighted by Gasteiger charge is 2.49. The lowest BCUT2D eigenvalue weighted by Gasteiger charge is -2.29. The fourth-order valence-corrected chi connectivity index (χ4v) is 4.19.